The van der Waals surface area contributed by atoms with Gasteiger partial charge >= 0.3 is 6.18 Å². The van der Waals surface area contributed by atoms with E-state index in [4.69, 9.17) is 4.42 Å². The van der Waals surface area contributed by atoms with Crippen molar-refractivity contribution in [3.8, 4) is 0 Å². The molecule has 0 unspecified atom stereocenters. The summed E-state index contributed by atoms with van der Waals surface area (Å²) in [6, 6.07) is 14.0. The fourth-order valence-corrected chi connectivity index (χ4v) is 8.94. The van der Waals surface area contributed by atoms with E-state index in [9.17, 15) is 37.1 Å². The van der Waals surface area contributed by atoms with E-state index < -0.39 is 35.0 Å². The first-order valence-electron chi connectivity index (χ1n) is 19.4. The zero-order valence-corrected chi connectivity index (χ0v) is 32.3. The highest BCUT2D eigenvalue weighted by Crippen LogP contribution is 2.52. The van der Waals surface area contributed by atoms with Crippen LogP contribution in [-0.2, 0) is 50.3 Å². The normalized spacial score (nSPS) is 20.9. The molecule has 4 aromatic rings. The van der Waals surface area contributed by atoms with Gasteiger partial charge in [-0.2, -0.15) is 13.2 Å². The molecule has 0 saturated carbocycles. The molecule has 3 aliphatic heterocycles. The van der Waals surface area contributed by atoms with Gasteiger partial charge in [0.1, 0.15) is 0 Å². The van der Waals surface area contributed by atoms with Crippen molar-refractivity contribution in [1.82, 2.24) is 29.9 Å². The summed E-state index contributed by atoms with van der Waals surface area (Å²) in [6.07, 6.45) is -1.43. The van der Waals surface area contributed by atoms with Crippen LogP contribution < -0.4 is 5.32 Å². The Morgan fingerprint density at radius 3 is 2.40 bits per heavy atom. The summed E-state index contributed by atoms with van der Waals surface area (Å²) in [5, 5.41) is 3.68. The lowest BCUT2D eigenvalue weighted by molar-refractivity contribution is -0.167. The summed E-state index contributed by atoms with van der Waals surface area (Å²) in [5.41, 5.74) is 2.03. The van der Waals surface area contributed by atoms with Crippen molar-refractivity contribution in [3.63, 3.8) is 0 Å². The van der Waals surface area contributed by atoms with E-state index in [-0.39, 0.29) is 80.5 Å². The summed E-state index contributed by atoms with van der Waals surface area (Å²) in [4.78, 5) is 78.6. The smallest absolute Gasteiger partial charge is 0.416 e. The number of carbonyl (C=O) groups is 5. The van der Waals surface area contributed by atoms with Crippen LogP contribution in [0.15, 0.2) is 65.3 Å². The lowest BCUT2D eigenvalue weighted by Gasteiger charge is -2.56. The van der Waals surface area contributed by atoms with E-state index in [0.717, 1.165) is 39.9 Å². The average Bonchev–Trinajstić information content (AvgIpc) is 3.88. The van der Waals surface area contributed by atoms with Crippen LogP contribution in [0.25, 0.3) is 10.9 Å². The van der Waals surface area contributed by atoms with E-state index in [2.05, 4.69) is 10.3 Å². The van der Waals surface area contributed by atoms with Crippen LogP contribution in [0, 0.1) is 11.8 Å². The molecule has 0 aliphatic carbocycles. The fourth-order valence-electron chi connectivity index (χ4n) is 8.94. The van der Waals surface area contributed by atoms with Crippen LogP contribution in [-0.4, -0.2) is 101 Å². The fraction of sp³-hybridized carbons (Fsp3) is 0.452. The van der Waals surface area contributed by atoms with Crippen molar-refractivity contribution in [2.45, 2.75) is 63.7 Å². The lowest BCUT2D eigenvalue weighted by Crippen LogP contribution is -2.66. The molecule has 15 heteroatoms. The van der Waals surface area contributed by atoms with Gasteiger partial charge in [0.05, 0.1) is 23.3 Å². The monoisotopic (exact) mass is 788 g/mol. The van der Waals surface area contributed by atoms with Crippen LogP contribution in [0.1, 0.15) is 71.1 Å². The van der Waals surface area contributed by atoms with Gasteiger partial charge in [-0.3, -0.25) is 24.0 Å². The molecule has 5 heterocycles. The number of aromatic nitrogens is 1. The van der Waals surface area contributed by atoms with Gasteiger partial charge in [0.2, 0.25) is 23.6 Å². The third-order valence-corrected chi connectivity index (χ3v) is 11.9. The maximum Gasteiger partial charge on any atom is 0.416 e. The number of benzene rings is 2. The van der Waals surface area contributed by atoms with E-state index >= 15 is 0 Å². The standard InChI is InChI=1S/C42H47F3N6O6/c1-4-41-32(39(55)49-16-18-50(19-17-49)40(56)34-9-6-20-57-34)23-28(24-35(52)46-25-27-7-5-8-29(21-27)42(43,44)45)38(54)51(41)15-14-31-30-12-10-26(11-13-36(53)48(2)3)22-33(30)47-37(31)41/h5-10,12,20-22,28,32,47H,4,11,13-19,23-25H2,1-3H3,(H,46,52)/t28-,32-,41+/m1/s1. The van der Waals surface area contributed by atoms with Crippen molar-refractivity contribution in [1.29, 1.82) is 0 Å². The van der Waals surface area contributed by atoms with Crippen molar-refractivity contribution in [2.75, 3.05) is 46.8 Å². The number of nitrogens with zero attached hydrogens (tertiary/aromatic N) is 4. The van der Waals surface area contributed by atoms with Crippen LogP contribution in [0.3, 0.4) is 0 Å². The van der Waals surface area contributed by atoms with Gasteiger partial charge in [-0.1, -0.05) is 31.2 Å². The SMILES string of the molecule is CC[C@]12c3[nH]c4cc(CCC(=O)N(C)C)ccc4c3CCN1C(=O)[C@@H](CC(=O)NCc1cccc(C(F)(F)F)c1)C[C@@H]2C(=O)N1CCN(C(=O)c2ccco2)CC1. The number of furan rings is 1. The minimum atomic E-state index is -4.53. The molecule has 7 rings (SSSR count). The molecule has 2 saturated heterocycles. The first-order chi connectivity index (χ1) is 27.2. The molecule has 2 aromatic carbocycles. The highest BCUT2D eigenvalue weighted by molar-refractivity contribution is 5.94. The van der Waals surface area contributed by atoms with Gasteiger partial charge in [0.15, 0.2) is 5.76 Å². The van der Waals surface area contributed by atoms with Crippen LogP contribution in [0.2, 0.25) is 0 Å². The number of hydrogen-bond donors (Lipinski definition) is 2. The van der Waals surface area contributed by atoms with Gasteiger partial charge in [0, 0.05) is 88.7 Å². The molecule has 57 heavy (non-hydrogen) atoms. The van der Waals surface area contributed by atoms with Crippen LogP contribution in [0.5, 0.6) is 0 Å². The second-order valence-electron chi connectivity index (χ2n) is 15.4. The van der Waals surface area contributed by atoms with Crippen LogP contribution >= 0.6 is 0 Å². The van der Waals surface area contributed by atoms with Gasteiger partial charge in [0.25, 0.3) is 5.91 Å². The summed E-state index contributed by atoms with van der Waals surface area (Å²) in [6.45, 7) is 3.25. The largest absolute Gasteiger partial charge is 0.459 e. The van der Waals surface area contributed by atoms with Gasteiger partial charge in [-0.15, -0.1) is 0 Å². The summed E-state index contributed by atoms with van der Waals surface area (Å²) >= 11 is 0. The number of piperazine rings is 1. The van der Waals surface area contributed by atoms with Crippen molar-refractivity contribution < 1.29 is 41.6 Å². The Hall–Kier alpha value is -5.60. The van der Waals surface area contributed by atoms with E-state index in [1.165, 1.54) is 18.4 Å². The predicted molar refractivity (Wildman–Crippen MR) is 203 cm³/mol. The van der Waals surface area contributed by atoms with Crippen molar-refractivity contribution >= 4 is 40.4 Å². The van der Waals surface area contributed by atoms with Crippen molar-refractivity contribution in [2.24, 2.45) is 11.8 Å². The topological polar surface area (TPSA) is 139 Å². The Morgan fingerprint density at radius 1 is 0.965 bits per heavy atom. The Kier molecular flexibility index (Phi) is 10.9. The predicted octanol–water partition coefficient (Wildman–Crippen LogP) is 5.12. The molecule has 5 amide bonds. The van der Waals surface area contributed by atoms with Crippen LogP contribution in [0.4, 0.5) is 13.2 Å². The molecule has 3 aliphatic rings. The first kappa shape index (κ1) is 39.6. The number of amides is 5. The van der Waals surface area contributed by atoms with Gasteiger partial charge in [-0.05, 0) is 72.7 Å². The summed E-state index contributed by atoms with van der Waals surface area (Å²) in [5.74, 6) is -2.56. The summed E-state index contributed by atoms with van der Waals surface area (Å²) < 4.78 is 45.3. The molecule has 2 fully saturated rings. The minimum Gasteiger partial charge on any atom is -0.459 e. The molecule has 2 N–H and O–H groups in total. The number of aromatic amines is 1. The number of piperidine rings is 1. The molecule has 0 spiro atoms. The van der Waals surface area contributed by atoms with Gasteiger partial charge in [-0.25, -0.2) is 0 Å². The molecular formula is C42H47F3N6O6. The van der Waals surface area contributed by atoms with E-state index in [1.54, 1.807) is 45.8 Å². The Labute approximate surface area is 328 Å². The maximum atomic E-state index is 14.9. The number of alkyl halides is 3. The average molecular weight is 789 g/mol. The highest BCUT2D eigenvalue weighted by Gasteiger charge is 2.59. The number of H-pyrrole nitrogens is 1. The van der Waals surface area contributed by atoms with Crippen molar-refractivity contribution in [3.05, 3.63) is 94.6 Å². The Morgan fingerprint density at radius 2 is 1.72 bits per heavy atom. The minimum absolute atomic E-state index is 0.0218. The Bertz CT molecular complexity index is 2170. The highest BCUT2D eigenvalue weighted by atomic mass is 19.4. The third-order valence-electron chi connectivity index (χ3n) is 11.9. The first-order valence-corrected chi connectivity index (χ1v) is 19.4. The molecule has 3 atom stereocenters. The number of carbonyl (C=O) groups excluding carboxylic acids is 5. The zero-order chi connectivity index (χ0) is 40.6. The second kappa shape index (κ2) is 15.7. The molecule has 302 valence electrons. The maximum absolute atomic E-state index is 14.9. The summed E-state index contributed by atoms with van der Waals surface area (Å²) in [7, 11) is 3.45. The van der Waals surface area contributed by atoms with Gasteiger partial charge < -0.3 is 34.3 Å². The number of hydrogen-bond acceptors (Lipinski definition) is 6. The molecule has 12 nitrogen and oxygen atoms in total. The van der Waals surface area contributed by atoms with E-state index in [0.29, 0.717) is 32.2 Å². The number of aryl methyl sites for hydroxylation is 1. The molecule has 2 aromatic heterocycles. The Balaban J connectivity index is 1.17. The zero-order valence-electron chi connectivity index (χ0n) is 32.3. The number of halogens is 3. The third kappa shape index (κ3) is 7.63. The number of nitrogens with one attached hydrogen (secondary N) is 2. The molecule has 0 bridgehead atoms. The lowest BCUT2D eigenvalue weighted by atomic mass is 9.65. The molecular weight excluding hydrogens is 741 g/mol. The van der Waals surface area contributed by atoms with E-state index in [1.807, 2.05) is 25.1 Å². The molecule has 0 radical (unpaired) electrons. The second-order valence-corrected chi connectivity index (χ2v) is 15.4. The number of fused-ring (bicyclic) bond motifs is 5. The number of rotatable bonds is 10. The quantitative estimate of drug-likeness (QED) is 0.229.